The molecule has 16 heavy (non-hydrogen) atoms. The summed E-state index contributed by atoms with van der Waals surface area (Å²) in [6.45, 7) is 0.989. The second-order valence-corrected chi connectivity index (χ2v) is 4.13. The molecule has 0 aliphatic heterocycles. The van der Waals surface area contributed by atoms with Gasteiger partial charge in [0.15, 0.2) is 0 Å². The first kappa shape index (κ1) is 13.4. The molecule has 5 heteroatoms. The Balaban J connectivity index is 2.08. The van der Waals surface area contributed by atoms with E-state index in [1.807, 2.05) is 0 Å². The first-order valence-corrected chi connectivity index (χ1v) is 5.76. The smallest absolute Gasteiger partial charge is 0.246 e. The third kappa shape index (κ3) is 5.44. The fourth-order valence-electron chi connectivity index (χ4n) is 1.87. The van der Waals surface area contributed by atoms with Gasteiger partial charge in [0.2, 0.25) is 5.91 Å². The lowest BCUT2D eigenvalue weighted by molar-refractivity contribution is -0.127. The molecule has 94 valence electrons. The highest BCUT2D eigenvalue weighted by molar-refractivity contribution is 5.77. The van der Waals surface area contributed by atoms with Gasteiger partial charge in [-0.2, -0.15) is 0 Å². The first-order valence-electron chi connectivity index (χ1n) is 5.76. The van der Waals surface area contributed by atoms with Crippen molar-refractivity contribution in [2.45, 2.75) is 37.8 Å². The highest BCUT2D eigenvalue weighted by atomic mass is 16.5. The van der Waals surface area contributed by atoms with Gasteiger partial charge in [0, 0.05) is 13.2 Å². The number of hydrogen-bond donors (Lipinski definition) is 2. The Kier molecular flexibility index (Phi) is 6.37. The van der Waals surface area contributed by atoms with Gasteiger partial charge in [0.25, 0.3) is 0 Å². The number of rotatable bonds is 6. The first-order chi connectivity index (χ1) is 7.72. The van der Waals surface area contributed by atoms with Crippen LogP contribution in [0.25, 0.3) is 0 Å². The van der Waals surface area contributed by atoms with Crippen LogP contribution in [0.5, 0.6) is 0 Å². The van der Waals surface area contributed by atoms with Gasteiger partial charge in [0.1, 0.15) is 6.61 Å². The summed E-state index contributed by atoms with van der Waals surface area (Å²) in [5.74, 6) is -0.116. The van der Waals surface area contributed by atoms with E-state index in [1.165, 1.54) is 0 Å². The molecule has 0 aromatic rings. The molecule has 0 aromatic heterocycles. The maximum atomic E-state index is 11.4. The van der Waals surface area contributed by atoms with Crippen LogP contribution in [0.3, 0.4) is 0 Å². The average Bonchev–Trinajstić information content (AvgIpc) is 2.24. The SMILES string of the molecule is COCCOCC(=O)NC1CCCC(O)C1. The topological polar surface area (TPSA) is 67.8 Å². The van der Waals surface area contributed by atoms with E-state index in [-0.39, 0.29) is 24.7 Å². The highest BCUT2D eigenvalue weighted by Gasteiger charge is 2.21. The number of amides is 1. The minimum absolute atomic E-state index is 0.0654. The number of nitrogens with one attached hydrogen (secondary N) is 1. The summed E-state index contributed by atoms with van der Waals surface area (Å²) in [7, 11) is 1.59. The molecule has 5 nitrogen and oxygen atoms in total. The molecule has 1 aliphatic carbocycles. The summed E-state index contributed by atoms with van der Waals surface area (Å²) in [5.41, 5.74) is 0. The number of carbonyl (C=O) groups is 1. The molecule has 0 spiro atoms. The molecule has 2 atom stereocenters. The molecular weight excluding hydrogens is 210 g/mol. The number of methoxy groups -OCH3 is 1. The Bertz CT molecular complexity index is 210. The van der Waals surface area contributed by atoms with Crippen LogP contribution in [0.15, 0.2) is 0 Å². The monoisotopic (exact) mass is 231 g/mol. The van der Waals surface area contributed by atoms with Crippen molar-refractivity contribution in [3.63, 3.8) is 0 Å². The van der Waals surface area contributed by atoms with E-state index in [4.69, 9.17) is 9.47 Å². The Morgan fingerprint density at radius 3 is 2.94 bits per heavy atom. The molecular formula is C11H21NO4. The largest absolute Gasteiger partial charge is 0.393 e. The fraction of sp³-hybridized carbons (Fsp3) is 0.909. The zero-order chi connectivity index (χ0) is 11.8. The maximum absolute atomic E-state index is 11.4. The van der Waals surface area contributed by atoms with Crippen molar-refractivity contribution < 1.29 is 19.4 Å². The summed E-state index contributed by atoms with van der Waals surface area (Å²) in [6.07, 6.45) is 3.14. The normalized spacial score (nSPS) is 25.4. The third-order valence-corrected chi connectivity index (χ3v) is 2.68. The van der Waals surface area contributed by atoms with Crippen LogP contribution in [-0.4, -0.2) is 50.1 Å². The predicted molar refractivity (Wildman–Crippen MR) is 59.1 cm³/mol. The molecule has 1 saturated carbocycles. The number of aliphatic hydroxyl groups excluding tert-OH is 1. The molecule has 0 saturated heterocycles. The third-order valence-electron chi connectivity index (χ3n) is 2.68. The summed E-state index contributed by atoms with van der Waals surface area (Å²) in [6, 6.07) is 0.0993. The summed E-state index contributed by atoms with van der Waals surface area (Å²) in [4.78, 5) is 11.4. The lowest BCUT2D eigenvalue weighted by Crippen LogP contribution is -2.41. The van der Waals surface area contributed by atoms with Gasteiger partial charge in [-0.3, -0.25) is 4.79 Å². The van der Waals surface area contributed by atoms with Crippen molar-refractivity contribution >= 4 is 5.91 Å². The molecule has 2 N–H and O–H groups in total. The van der Waals surface area contributed by atoms with E-state index in [2.05, 4.69) is 5.32 Å². The second kappa shape index (κ2) is 7.60. The van der Waals surface area contributed by atoms with Crippen molar-refractivity contribution in [1.82, 2.24) is 5.32 Å². The van der Waals surface area contributed by atoms with Gasteiger partial charge < -0.3 is 19.9 Å². The zero-order valence-electron chi connectivity index (χ0n) is 9.78. The Morgan fingerprint density at radius 1 is 1.44 bits per heavy atom. The molecule has 1 fully saturated rings. The summed E-state index contributed by atoms with van der Waals surface area (Å²) in [5, 5.41) is 12.3. The number of aliphatic hydroxyl groups is 1. The van der Waals surface area contributed by atoms with Gasteiger partial charge in [-0.25, -0.2) is 0 Å². The second-order valence-electron chi connectivity index (χ2n) is 4.13. The standard InChI is InChI=1S/C11H21NO4/c1-15-5-6-16-8-11(14)12-9-3-2-4-10(13)7-9/h9-10,13H,2-8H2,1H3,(H,12,14). The van der Waals surface area contributed by atoms with E-state index in [9.17, 15) is 9.90 Å². The van der Waals surface area contributed by atoms with Gasteiger partial charge in [0.05, 0.1) is 19.3 Å². The minimum Gasteiger partial charge on any atom is -0.393 e. The van der Waals surface area contributed by atoms with Gasteiger partial charge in [-0.05, 0) is 25.7 Å². The van der Waals surface area contributed by atoms with E-state index >= 15 is 0 Å². The molecule has 0 bridgehead atoms. The molecule has 1 rings (SSSR count). The van der Waals surface area contributed by atoms with E-state index in [1.54, 1.807) is 7.11 Å². The van der Waals surface area contributed by atoms with E-state index < -0.39 is 0 Å². The van der Waals surface area contributed by atoms with Crippen LogP contribution in [0.1, 0.15) is 25.7 Å². The number of hydrogen-bond acceptors (Lipinski definition) is 4. The molecule has 0 radical (unpaired) electrons. The van der Waals surface area contributed by atoms with Gasteiger partial charge in [-0.1, -0.05) is 0 Å². The van der Waals surface area contributed by atoms with Crippen molar-refractivity contribution in [1.29, 1.82) is 0 Å². The lowest BCUT2D eigenvalue weighted by Gasteiger charge is -2.26. The fourth-order valence-corrected chi connectivity index (χ4v) is 1.87. The van der Waals surface area contributed by atoms with E-state index in [0.29, 0.717) is 19.6 Å². The molecule has 0 heterocycles. The van der Waals surface area contributed by atoms with Crippen molar-refractivity contribution in [2.75, 3.05) is 26.9 Å². The lowest BCUT2D eigenvalue weighted by atomic mass is 9.93. The molecule has 1 aliphatic rings. The van der Waals surface area contributed by atoms with Crippen LogP contribution >= 0.6 is 0 Å². The van der Waals surface area contributed by atoms with Crippen molar-refractivity contribution in [2.24, 2.45) is 0 Å². The van der Waals surface area contributed by atoms with E-state index in [0.717, 1.165) is 19.3 Å². The molecule has 2 unspecified atom stereocenters. The predicted octanol–water partition coefficient (Wildman–Crippen LogP) is 0.0691. The zero-order valence-corrected chi connectivity index (χ0v) is 9.78. The maximum Gasteiger partial charge on any atom is 0.246 e. The Morgan fingerprint density at radius 2 is 2.25 bits per heavy atom. The van der Waals surface area contributed by atoms with Crippen LogP contribution in [0.4, 0.5) is 0 Å². The minimum atomic E-state index is -0.270. The molecule has 0 aromatic carbocycles. The summed E-state index contributed by atoms with van der Waals surface area (Å²) < 4.78 is 9.90. The number of ether oxygens (including phenoxy) is 2. The van der Waals surface area contributed by atoms with Crippen molar-refractivity contribution in [3.8, 4) is 0 Å². The highest BCUT2D eigenvalue weighted by Crippen LogP contribution is 2.17. The number of carbonyl (C=O) groups excluding carboxylic acids is 1. The van der Waals surface area contributed by atoms with Gasteiger partial charge >= 0.3 is 0 Å². The van der Waals surface area contributed by atoms with Crippen LogP contribution in [0, 0.1) is 0 Å². The average molecular weight is 231 g/mol. The quantitative estimate of drug-likeness (QED) is 0.635. The Hall–Kier alpha value is -0.650. The van der Waals surface area contributed by atoms with Crippen molar-refractivity contribution in [3.05, 3.63) is 0 Å². The molecule has 1 amide bonds. The van der Waals surface area contributed by atoms with Gasteiger partial charge in [-0.15, -0.1) is 0 Å². The van der Waals surface area contributed by atoms with Crippen LogP contribution in [-0.2, 0) is 14.3 Å². The van der Waals surface area contributed by atoms with Crippen LogP contribution in [0.2, 0.25) is 0 Å². The Labute approximate surface area is 96.1 Å². The van der Waals surface area contributed by atoms with Crippen LogP contribution < -0.4 is 5.32 Å². The summed E-state index contributed by atoms with van der Waals surface area (Å²) >= 11 is 0.